The number of cyclic esters (lactones) is 2. The van der Waals surface area contributed by atoms with Crippen LogP contribution >= 0.6 is 0 Å². The molecule has 0 spiro atoms. The predicted molar refractivity (Wildman–Crippen MR) is 40.3 cm³/mol. The molecule has 1 aliphatic rings. The summed E-state index contributed by atoms with van der Waals surface area (Å²) < 4.78 is 9.72. The largest absolute Gasteiger partial charge is 0.509 e. The second kappa shape index (κ2) is 3.60. The monoisotopic (exact) mass is 158 g/mol. The van der Waals surface area contributed by atoms with Gasteiger partial charge in [-0.25, -0.2) is 4.79 Å². The summed E-state index contributed by atoms with van der Waals surface area (Å²) in [6.07, 6.45) is 2.55. The van der Waals surface area contributed by atoms with Crippen LogP contribution in [0.4, 0.5) is 4.79 Å². The SMILES string of the molecule is CCCC[C@@H]1OC(=O)O[C@@H]1C. The van der Waals surface area contributed by atoms with Crippen LogP contribution < -0.4 is 0 Å². The second-order valence-corrected chi connectivity index (χ2v) is 2.87. The zero-order chi connectivity index (χ0) is 8.27. The molecule has 0 bridgehead atoms. The maximum absolute atomic E-state index is 10.6. The molecule has 1 saturated heterocycles. The fourth-order valence-electron chi connectivity index (χ4n) is 1.17. The number of hydrogen-bond donors (Lipinski definition) is 0. The molecule has 2 atom stereocenters. The van der Waals surface area contributed by atoms with E-state index in [2.05, 4.69) is 6.92 Å². The zero-order valence-electron chi connectivity index (χ0n) is 7.00. The predicted octanol–water partition coefficient (Wildman–Crippen LogP) is 2.10. The first-order valence-electron chi connectivity index (χ1n) is 4.11. The second-order valence-electron chi connectivity index (χ2n) is 2.87. The van der Waals surface area contributed by atoms with E-state index in [4.69, 9.17) is 9.47 Å². The van der Waals surface area contributed by atoms with Crippen LogP contribution in [0.3, 0.4) is 0 Å². The van der Waals surface area contributed by atoms with Gasteiger partial charge in [0, 0.05) is 0 Å². The molecule has 0 unspecified atom stereocenters. The van der Waals surface area contributed by atoms with Crippen LogP contribution in [0.25, 0.3) is 0 Å². The summed E-state index contributed by atoms with van der Waals surface area (Å²) in [7, 11) is 0. The first kappa shape index (κ1) is 8.37. The Morgan fingerprint density at radius 2 is 2.18 bits per heavy atom. The zero-order valence-corrected chi connectivity index (χ0v) is 7.00. The molecule has 0 N–H and O–H groups in total. The smallest absolute Gasteiger partial charge is 0.427 e. The number of ether oxygens (including phenoxy) is 2. The number of carbonyl (C=O) groups is 1. The van der Waals surface area contributed by atoms with Crippen LogP contribution in [0.5, 0.6) is 0 Å². The van der Waals surface area contributed by atoms with E-state index < -0.39 is 6.16 Å². The number of unbranched alkanes of at least 4 members (excludes halogenated alkanes) is 1. The summed E-state index contributed by atoms with van der Waals surface area (Å²) in [6, 6.07) is 0. The molecule has 0 radical (unpaired) electrons. The van der Waals surface area contributed by atoms with Gasteiger partial charge in [-0.15, -0.1) is 0 Å². The van der Waals surface area contributed by atoms with Crippen molar-refractivity contribution in [3.8, 4) is 0 Å². The summed E-state index contributed by atoms with van der Waals surface area (Å²) in [5.74, 6) is 0. The lowest BCUT2D eigenvalue weighted by molar-refractivity contribution is 0.115. The lowest BCUT2D eigenvalue weighted by atomic mass is 10.1. The van der Waals surface area contributed by atoms with Gasteiger partial charge in [0.1, 0.15) is 12.2 Å². The summed E-state index contributed by atoms with van der Waals surface area (Å²) in [6.45, 7) is 3.98. The highest BCUT2D eigenvalue weighted by Crippen LogP contribution is 2.19. The first-order chi connectivity index (χ1) is 5.24. The van der Waals surface area contributed by atoms with Crippen molar-refractivity contribution in [3.63, 3.8) is 0 Å². The van der Waals surface area contributed by atoms with Crippen LogP contribution in [-0.2, 0) is 9.47 Å². The number of carbonyl (C=O) groups excluding carboxylic acids is 1. The molecule has 0 aromatic carbocycles. The van der Waals surface area contributed by atoms with Crippen molar-refractivity contribution in [2.45, 2.75) is 45.3 Å². The maximum atomic E-state index is 10.6. The fraction of sp³-hybridized carbons (Fsp3) is 0.875. The summed E-state index contributed by atoms with van der Waals surface area (Å²) in [5.41, 5.74) is 0. The van der Waals surface area contributed by atoms with Gasteiger partial charge in [0.2, 0.25) is 0 Å². The molecule has 1 aliphatic heterocycles. The molecule has 0 aromatic rings. The quantitative estimate of drug-likeness (QED) is 0.590. The number of hydrogen-bond acceptors (Lipinski definition) is 3. The molecule has 0 aliphatic carbocycles. The lowest BCUT2D eigenvalue weighted by Crippen LogP contribution is -2.18. The third-order valence-electron chi connectivity index (χ3n) is 1.90. The molecular formula is C8H14O3. The van der Waals surface area contributed by atoms with Crippen molar-refractivity contribution in [2.75, 3.05) is 0 Å². The summed E-state index contributed by atoms with van der Waals surface area (Å²) >= 11 is 0. The van der Waals surface area contributed by atoms with Crippen LogP contribution in [0.1, 0.15) is 33.1 Å². The van der Waals surface area contributed by atoms with Crippen LogP contribution in [0.15, 0.2) is 0 Å². The van der Waals surface area contributed by atoms with Crippen LogP contribution in [-0.4, -0.2) is 18.4 Å². The van der Waals surface area contributed by atoms with Gasteiger partial charge < -0.3 is 9.47 Å². The molecule has 11 heavy (non-hydrogen) atoms. The molecule has 3 heteroatoms. The van der Waals surface area contributed by atoms with Gasteiger partial charge in [0.25, 0.3) is 0 Å². The van der Waals surface area contributed by atoms with Crippen molar-refractivity contribution in [3.05, 3.63) is 0 Å². The fourth-order valence-corrected chi connectivity index (χ4v) is 1.17. The molecule has 0 saturated carbocycles. The van der Waals surface area contributed by atoms with Crippen molar-refractivity contribution in [1.29, 1.82) is 0 Å². The van der Waals surface area contributed by atoms with E-state index in [9.17, 15) is 4.79 Å². The van der Waals surface area contributed by atoms with Gasteiger partial charge in [-0.3, -0.25) is 0 Å². The van der Waals surface area contributed by atoms with Gasteiger partial charge in [-0.05, 0) is 19.8 Å². The Kier molecular flexibility index (Phi) is 2.74. The Morgan fingerprint density at radius 3 is 2.64 bits per heavy atom. The molecule has 0 amide bonds. The third kappa shape index (κ3) is 2.10. The minimum atomic E-state index is -0.515. The molecule has 1 fully saturated rings. The van der Waals surface area contributed by atoms with E-state index in [1.54, 1.807) is 0 Å². The molecule has 0 aromatic heterocycles. The molecule has 64 valence electrons. The highest BCUT2D eigenvalue weighted by Gasteiger charge is 2.31. The van der Waals surface area contributed by atoms with Gasteiger partial charge in [0.05, 0.1) is 0 Å². The van der Waals surface area contributed by atoms with Crippen LogP contribution in [0, 0.1) is 0 Å². The Hall–Kier alpha value is -0.730. The minimum Gasteiger partial charge on any atom is -0.427 e. The summed E-state index contributed by atoms with van der Waals surface area (Å²) in [4.78, 5) is 10.6. The standard InChI is InChI=1S/C8H14O3/c1-3-4-5-7-6(2)10-8(9)11-7/h6-7H,3-5H2,1-2H3/t6-,7+/m1/s1. The van der Waals surface area contributed by atoms with E-state index in [1.807, 2.05) is 6.92 Å². The van der Waals surface area contributed by atoms with Crippen molar-refractivity contribution in [2.24, 2.45) is 0 Å². The third-order valence-corrected chi connectivity index (χ3v) is 1.90. The molecular weight excluding hydrogens is 144 g/mol. The Bertz CT molecular complexity index is 144. The maximum Gasteiger partial charge on any atom is 0.509 e. The minimum absolute atomic E-state index is 0.0116. The lowest BCUT2D eigenvalue weighted by Gasteiger charge is -2.08. The van der Waals surface area contributed by atoms with Crippen LogP contribution in [0.2, 0.25) is 0 Å². The van der Waals surface area contributed by atoms with Gasteiger partial charge in [-0.1, -0.05) is 13.3 Å². The molecule has 1 rings (SSSR count). The molecule has 3 nitrogen and oxygen atoms in total. The average Bonchev–Trinajstić information content (AvgIpc) is 2.26. The van der Waals surface area contributed by atoms with Crippen molar-refractivity contribution < 1.29 is 14.3 Å². The Morgan fingerprint density at radius 1 is 1.45 bits per heavy atom. The Balaban J connectivity index is 2.28. The van der Waals surface area contributed by atoms with Gasteiger partial charge in [0.15, 0.2) is 0 Å². The van der Waals surface area contributed by atoms with Crippen molar-refractivity contribution in [1.82, 2.24) is 0 Å². The van der Waals surface area contributed by atoms with E-state index in [1.165, 1.54) is 0 Å². The highest BCUT2D eigenvalue weighted by molar-refractivity contribution is 5.62. The topological polar surface area (TPSA) is 35.5 Å². The normalized spacial score (nSPS) is 29.8. The summed E-state index contributed by atoms with van der Waals surface area (Å²) in [5, 5.41) is 0. The Labute approximate surface area is 66.7 Å². The van der Waals surface area contributed by atoms with E-state index >= 15 is 0 Å². The van der Waals surface area contributed by atoms with E-state index in [0.29, 0.717) is 0 Å². The first-order valence-corrected chi connectivity index (χ1v) is 4.11. The van der Waals surface area contributed by atoms with E-state index in [-0.39, 0.29) is 12.2 Å². The molecule has 1 heterocycles. The average molecular weight is 158 g/mol. The van der Waals surface area contributed by atoms with E-state index in [0.717, 1.165) is 19.3 Å². The van der Waals surface area contributed by atoms with Gasteiger partial charge >= 0.3 is 6.16 Å². The van der Waals surface area contributed by atoms with Crippen molar-refractivity contribution >= 4 is 6.16 Å². The highest BCUT2D eigenvalue weighted by atomic mass is 16.8. The van der Waals surface area contributed by atoms with Gasteiger partial charge in [-0.2, -0.15) is 0 Å². The number of rotatable bonds is 3.